The topological polar surface area (TPSA) is 82.1 Å². The van der Waals surface area contributed by atoms with Crippen LogP contribution in [0.5, 0.6) is 17.2 Å². The Balaban J connectivity index is 2.08. The Morgan fingerprint density at radius 3 is 2.08 bits per heavy atom. The number of hydrogen-bond acceptors (Lipinski definition) is 5. The number of carboxylic acid groups (broad SMARTS) is 1. The molecule has 0 fully saturated rings. The highest BCUT2D eigenvalue weighted by Gasteiger charge is 2.05. The lowest BCUT2D eigenvalue weighted by Gasteiger charge is -2.06. The Hall–Kier alpha value is -3.28. The van der Waals surface area contributed by atoms with Gasteiger partial charge in [-0.2, -0.15) is 0 Å². The van der Waals surface area contributed by atoms with Crippen LogP contribution >= 0.6 is 0 Å². The van der Waals surface area contributed by atoms with Crippen LogP contribution in [-0.2, 0) is 4.79 Å². The summed E-state index contributed by atoms with van der Waals surface area (Å²) in [5.41, 5.74) is 1.24. The molecule has 0 aliphatic carbocycles. The van der Waals surface area contributed by atoms with Gasteiger partial charge in [-0.05, 0) is 48.0 Å². The van der Waals surface area contributed by atoms with Gasteiger partial charge in [0, 0.05) is 11.6 Å². The van der Waals surface area contributed by atoms with Crippen LogP contribution in [0.4, 0.5) is 0 Å². The van der Waals surface area contributed by atoms with Crippen molar-refractivity contribution in [3.8, 4) is 17.2 Å². The second kappa shape index (κ2) is 8.54. The molecule has 0 atom stereocenters. The molecule has 0 aromatic heterocycles. The average Bonchev–Trinajstić information content (AvgIpc) is 2.64. The molecule has 0 saturated carbocycles. The SMILES string of the molecule is COc1cc(/C=C/C(=O)c2ccc(OCC(=O)O)cc2)cc(OC)c1. The van der Waals surface area contributed by atoms with Crippen molar-refractivity contribution >= 4 is 17.8 Å². The van der Waals surface area contributed by atoms with E-state index < -0.39 is 12.6 Å². The van der Waals surface area contributed by atoms with E-state index in [1.165, 1.54) is 6.08 Å². The van der Waals surface area contributed by atoms with Gasteiger partial charge in [-0.3, -0.25) is 4.79 Å². The highest BCUT2D eigenvalue weighted by molar-refractivity contribution is 6.06. The normalized spacial score (nSPS) is 10.5. The molecular weight excluding hydrogens is 324 g/mol. The largest absolute Gasteiger partial charge is 0.497 e. The van der Waals surface area contributed by atoms with Crippen molar-refractivity contribution in [1.82, 2.24) is 0 Å². The molecule has 0 radical (unpaired) electrons. The van der Waals surface area contributed by atoms with E-state index in [9.17, 15) is 9.59 Å². The second-order valence-corrected chi connectivity index (χ2v) is 5.05. The summed E-state index contributed by atoms with van der Waals surface area (Å²) in [7, 11) is 3.11. The molecule has 0 amide bonds. The van der Waals surface area contributed by atoms with Gasteiger partial charge in [-0.15, -0.1) is 0 Å². The standard InChI is InChI=1S/C19H18O6/c1-23-16-9-13(10-17(11-16)24-2)3-8-18(20)14-4-6-15(7-5-14)25-12-19(21)22/h3-11H,12H2,1-2H3,(H,21,22)/b8-3+. The summed E-state index contributed by atoms with van der Waals surface area (Å²) in [6, 6.07) is 11.6. The zero-order valence-electron chi connectivity index (χ0n) is 13.9. The molecule has 130 valence electrons. The van der Waals surface area contributed by atoms with Crippen molar-refractivity contribution in [2.24, 2.45) is 0 Å². The minimum atomic E-state index is -1.06. The molecule has 0 aliphatic heterocycles. The van der Waals surface area contributed by atoms with Crippen LogP contribution in [0.3, 0.4) is 0 Å². The molecule has 0 unspecified atom stereocenters. The zero-order valence-corrected chi connectivity index (χ0v) is 13.9. The Kier molecular flexibility index (Phi) is 6.17. The quantitative estimate of drug-likeness (QED) is 0.586. The smallest absolute Gasteiger partial charge is 0.341 e. The lowest BCUT2D eigenvalue weighted by molar-refractivity contribution is -0.139. The van der Waals surface area contributed by atoms with Gasteiger partial charge in [0.1, 0.15) is 17.2 Å². The van der Waals surface area contributed by atoms with Crippen molar-refractivity contribution in [2.75, 3.05) is 20.8 Å². The molecule has 0 bridgehead atoms. The molecule has 0 heterocycles. The van der Waals surface area contributed by atoms with E-state index in [0.717, 1.165) is 5.56 Å². The first-order valence-electron chi connectivity index (χ1n) is 7.42. The maximum atomic E-state index is 12.2. The van der Waals surface area contributed by atoms with Crippen LogP contribution in [0, 0.1) is 0 Å². The van der Waals surface area contributed by atoms with Gasteiger partial charge in [0.25, 0.3) is 0 Å². The van der Waals surface area contributed by atoms with E-state index in [0.29, 0.717) is 22.8 Å². The number of hydrogen-bond donors (Lipinski definition) is 1. The van der Waals surface area contributed by atoms with Crippen molar-refractivity contribution in [3.63, 3.8) is 0 Å². The van der Waals surface area contributed by atoms with Crippen molar-refractivity contribution in [2.45, 2.75) is 0 Å². The first-order valence-corrected chi connectivity index (χ1v) is 7.42. The molecule has 1 N–H and O–H groups in total. The summed E-state index contributed by atoms with van der Waals surface area (Å²) in [6.07, 6.45) is 3.11. The first kappa shape index (κ1) is 18.1. The van der Waals surface area contributed by atoms with Crippen molar-refractivity contribution in [1.29, 1.82) is 0 Å². The zero-order chi connectivity index (χ0) is 18.2. The van der Waals surface area contributed by atoms with Gasteiger partial charge in [0.2, 0.25) is 0 Å². The predicted molar refractivity (Wildman–Crippen MR) is 92.5 cm³/mol. The van der Waals surface area contributed by atoms with Crippen molar-refractivity contribution < 1.29 is 28.9 Å². The number of carboxylic acids is 1. The van der Waals surface area contributed by atoms with Gasteiger partial charge >= 0.3 is 5.97 Å². The van der Waals surface area contributed by atoms with Crippen LogP contribution in [0.25, 0.3) is 6.08 Å². The fraction of sp³-hybridized carbons (Fsp3) is 0.158. The average molecular weight is 342 g/mol. The number of rotatable bonds is 8. The van der Waals surface area contributed by atoms with Gasteiger partial charge in [0.05, 0.1) is 14.2 Å². The molecular formula is C19H18O6. The van der Waals surface area contributed by atoms with Crippen LogP contribution in [0.2, 0.25) is 0 Å². The van der Waals surface area contributed by atoms with E-state index >= 15 is 0 Å². The number of carbonyl (C=O) groups excluding carboxylic acids is 1. The van der Waals surface area contributed by atoms with Crippen molar-refractivity contribution in [3.05, 3.63) is 59.7 Å². The van der Waals surface area contributed by atoms with Crippen LogP contribution < -0.4 is 14.2 Å². The molecule has 2 aromatic carbocycles. The molecule has 2 rings (SSSR count). The molecule has 6 heteroatoms. The Morgan fingerprint density at radius 1 is 0.960 bits per heavy atom. The maximum Gasteiger partial charge on any atom is 0.341 e. The fourth-order valence-corrected chi connectivity index (χ4v) is 2.05. The summed E-state index contributed by atoms with van der Waals surface area (Å²) >= 11 is 0. The Bertz CT molecular complexity index is 755. The lowest BCUT2D eigenvalue weighted by Crippen LogP contribution is -2.09. The summed E-state index contributed by atoms with van der Waals surface area (Å²) in [4.78, 5) is 22.7. The highest BCUT2D eigenvalue weighted by atomic mass is 16.5. The van der Waals surface area contributed by atoms with Crippen LogP contribution in [-0.4, -0.2) is 37.7 Å². The number of allylic oxidation sites excluding steroid dienone is 1. The van der Waals surface area contributed by atoms with E-state index in [4.69, 9.17) is 19.3 Å². The fourth-order valence-electron chi connectivity index (χ4n) is 2.05. The third kappa shape index (κ3) is 5.39. The lowest BCUT2D eigenvalue weighted by atomic mass is 10.1. The first-order chi connectivity index (χ1) is 12.0. The Labute approximate surface area is 145 Å². The summed E-state index contributed by atoms with van der Waals surface area (Å²) < 4.78 is 15.4. The number of benzene rings is 2. The summed E-state index contributed by atoms with van der Waals surface area (Å²) in [5.74, 6) is 0.404. The third-order valence-electron chi connectivity index (χ3n) is 3.30. The number of methoxy groups -OCH3 is 2. The monoisotopic (exact) mass is 342 g/mol. The number of aliphatic carboxylic acids is 1. The van der Waals surface area contributed by atoms with E-state index in [-0.39, 0.29) is 5.78 Å². The molecule has 2 aromatic rings. The minimum Gasteiger partial charge on any atom is -0.497 e. The third-order valence-corrected chi connectivity index (χ3v) is 3.30. The summed E-state index contributed by atoms with van der Waals surface area (Å²) in [6.45, 7) is -0.426. The molecule has 0 spiro atoms. The number of ether oxygens (including phenoxy) is 3. The van der Waals surface area contributed by atoms with Crippen LogP contribution in [0.1, 0.15) is 15.9 Å². The van der Waals surface area contributed by atoms with E-state index in [1.54, 1.807) is 62.8 Å². The molecule has 0 saturated heterocycles. The van der Waals surface area contributed by atoms with Gasteiger partial charge in [-0.1, -0.05) is 6.08 Å². The maximum absolute atomic E-state index is 12.2. The van der Waals surface area contributed by atoms with Gasteiger partial charge in [-0.25, -0.2) is 4.79 Å². The highest BCUT2D eigenvalue weighted by Crippen LogP contribution is 2.23. The molecule has 0 aliphatic rings. The number of carbonyl (C=O) groups is 2. The Morgan fingerprint density at radius 2 is 1.56 bits per heavy atom. The van der Waals surface area contributed by atoms with E-state index in [2.05, 4.69) is 0 Å². The molecule has 6 nitrogen and oxygen atoms in total. The van der Waals surface area contributed by atoms with Crippen LogP contribution in [0.15, 0.2) is 48.5 Å². The number of ketones is 1. The summed E-state index contributed by atoms with van der Waals surface area (Å²) in [5, 5.41) is 8.56. The molecule has 25 heavy (non-hydrogen) atoms. The second-order valence-electron chi connectivity index (χ2n) is 5.05. The van der Waals surface area contributed by atoms with Gasteiger partial charge < -0.3 is 19.3 Å². The predicted octanol–water partition coefficient (Wildman–Crippen LogP) is 3.06. The minimum absolute atomic E-state index is 0.188. The van der Waals surface area contributed by atoms with E-state index in [1.807, 2.05) is 0 Å². The van der Waals surface area contributed by atoms with Gasteiger partial charge in [0.15, 0.2) is 12.4 Å².